The van der Waals surface area contributed by atoms with E-state index in [-0.39, 0.29) is 22.2 Å². The van der Waals surface area contributed by atoms with Crippen molar-refractivity contribution in [1.82, 2.24) is 0 Å². The molecule has 3 heteroatoms. The summed E-state index contributed by atoms with van der Waals surface area (Å²) >= 11 is 0. The molecule has 0 aromatic heterocycles. The van der Waals surface area contributed by atoms with Crippen LogP contribution in [0.15, 0.2) is 66.3 Å². The molecule has 2 aromatic carbocycles. The number of esters is 1. The van der Waals surface area contributed by atoms with Crippen LogP contribution in [0.5, 0.6) is 5.75 Å². The average molecular weight is 487 g/mol. The Kier molecular flexibility index (Phi) is 7.50. The molecule has 2 aliphatic carbocycles. The van der Waals surface area contributed by atoms with E-state index in [0.29, 0.717) is 13.2 Å². The third-order valence-electron chi connectivity index (χ3n) is 8.14. The minimum absolute atomic E-state index is 0.0967. The minimum atomic E-state index is -0.281. The van der Waals surface area contributed by atoms with E-state index in [1.165, 1.54) is 35.1 Å². The Morgan fingerprint density at radius 1 is 0.917 bits per heavy atom. The summed E-state index contributed by atoms with van der Waals surface area (Å²) in [6.07, 6.45) is 11.5. The quantitative estimate of drug-likeness (QED) is 0.204. The number of hydrogen-bond acceptors (Lipinski definition) is 3. The van der Waals surface area contributed by atoms with Gasteiger partial charge in [-0.3, -0.25) is 0 Å². The number of carbonyl (C=O) groups is 1. The van der Waals surface area contributed by atoms with Gasteiger partial charge >= 0.3 is 5.97 Å². The highest BCUT2D eigenvalue weighted by atomic mass is 16.5. The van der Waals surface area contributed by atoms with Gasteiger partial charge in [0, 0.05) is 17.1 Å². The average Bonchev–Trinajstić information content (AvgIpc) is 3.62. The number of hydrogen-bond donors (Lipinski definition) is 0. The van der Waals surface area contributed by atoms with Crippen LogP contribution in [0.1, 0.15) is 95.9 Å². The minimum Gasteiger partial charge on any atom is -0.489 e. The Morgan fingerprint density at radius 3 is 2.17 bits per heavy atom. The van der Waals surface area contributed by atoms with E-state index in [0.717, 1.165) is 30.6 Å². The molecule has 3 nitrogen and oxygen atoms in total. The van der Waals surface area contributed by atoms with Gasteiger partial charge < -0.3 is 9.47 Å². The lowest BCUT2D eigenvalue weighted by Gasteiger charge is -2.42. The maximum absolute atomic E-state index is 11.8. The summed E-state index contributed by atoms with van der Waals surface area (Å²) < 4.78 is 11.6. The molecule has 0 amide bonds. The normalized spacial score (nSPS) is 19.6. The summed E-state index contributed by atoms with van der Waals surface area (Å²) in [6.45, 7) is 14.3. The Labute approximate surface area is 217 Å². The van der Waals surface area contributed by atoms with Crippen molar-refractivity contribution in [3.05, 3.63) is 88.5 Å². The largest absolute Gasteiger partial charge is 0.489 e. The zero-order valence-electron chi connectivity index (χ0n) is 22.9. The second kappa shape index (κ2) is 10.3. The third kappa shape index (κ3) is 5.77. The second-order valence-corrected chi connectivity index (χ2v) is 12.0. The van der Waals surface area contributed by atoms with Crippen LogP contribution in [0.3, 0.4) is 0 Å². The van der Waals surface area contributed by atoms with Crippen LogP contribution < -0.4 is 4.74 Å². The van der Waals surface area contributed by atoms with Crippen molar-refractivity contribution >= 4 is 5.97 Å². The molecule has 2 aromatic rings. The van der Waals surface area contributed by atoms with Crippen molar-refractivity contribution in [3.8, 4) is 5.75 Å². The molecule has 0 spiro atoms. The second-order valence-electron chi connectivity index (χ2n) is 12.0. The summed E-state index contributed by atoms with van der Waals surface area (Å²) in [5.74, 6) is 0.755. The number of rotatable bonds is 9. The fourth-order valence-electron chi connectivity index (χ4n) is 5.49. The molecule has 0 N–H and O–H groups in total. The van der Waals surface area contributed by atoms with Crippen molar-refractivity contribution < 1.29 is 14.3 Å². The molecule has 192 valence electrons. The first-order chi connectivity index (χ1) is 17.1. The molecular weight excluding hydrogens is 444 g/mol. The fourth-order valence-corrected chi connectivity index (χ4v) is 5.49. The number of ether oxygens (including phenoxy) is 2. The van der Waals surface area contributed by atoms with Crippen LogP contribution in [-0.4, -0.2) is 12.6 Å². The van der Waals surface area contributed by atoms with E-state index in [2.05, 4.69) is 70.2 Å². The van der Waals surface area contributed by atoms with Gasteiger partial charge in [0.1, 0.15) is 12.4 Å². The lowest BCUT2D eigenvalue weighted by molar-refractivity contribution is -0.137. The van der Waals surface area contributed by atoms with Crippen LogP contribution in [0, 0.1) is 0 Å². The molecule has 0 bridgehead atoms. The summed E-state index contributed by atoms with van der Waals surface area (Å²) in [5.41, 5.74) is 6.75. The van der Waals surface area contributed by atoms with Crippen LogP contribution in [0.4, 0.5) is 0 Å². The van der Waals surface area contributed by atoms with Crippen LogP contribution >= 0.6 is 0 Å². The molecule has 2 aliphatic rings. The SMILES string of the molecule is CCOC(=O)C=C(C)C=CCC1(c2cc3c(cc2OCc2ccccc2)C(C)(C)CCC3(C)C)CC1. The van der Waals surface area contributed by atoms with Crippen molar-refractivity contribution in [3.63, 3.8) is 0 Å². The smallest absolute Gasteiger partial charge is 0.330 e. The van der Waals surface area contributed by atoms with Gasteiger partial charge in [-0.15, -0.1) is 0 Å². The van der Waals surface area contributed by atoms with Gasteiger partial charge in [-0.1, -0.05) is 76.2 Å². The molecule has 0 unspecified atom stereocenters. The predicted molar refractivity (Wildman–Crippen MR) is 148 cm³/mol. The summed E-state index contributed by atoms with van der Waals surface area (Å²) in [4.78, 5) is 11.8. The zero-order valence-corrected chi connectivity index (χ0v) is 22.9. The van der Waals surface area contributed by atoms with Crippen molar-refractivity contribution in [2.45, 2.75) is 96.5 Å². The van der Waals surface area contributed by atoms with E-state index < -0.39 is 0 Å². The number of allylic oxidation sites excluding steroid dienone is 3. The number of fused-ring (bicyclic) bond motifs is 1. The van der Waals surface area contributed by atoms with E-state index in [9.17, 15) is 4.79 Å². The first kappa shape index (κ1) is 26.3. The van der Waals surface area contributed by atoms with Gasteiger partial charge in [0.05, 0.1) is 6.61 Å². The van der Waals surface area contributed by atoms with Crippen LogP contribution in [-0.2, 0) is 32.4 Å². The fraction of sp³-hybridized carbons (Fsp3) is 0.485. The van der Waals surface area contributed by atoms with Gasteiger partial charge in [0.25, 0.3) is 0 Å². The molecule has 1 fully saturated rings. The van der Waals surface area contributed by atoms with Gasteiger partial charge in [-0.25, -0.2) is 4.79 Å². The van der Waals surface area contributed by atoms with Crippen LogP contribution in [0.2, 0.25) is 0 Å². The standard InChI is InChI=1S/C33H42O3/c1-7-35-30(34)20-24(2)12-11-15-33(18-19-33)28-21-26-27(32(5,6)17-16-31(26,3)4)22-29(28)36-23-25-13-9-8-10-14-25/h8-14,20-22H,7,15-19,23H2,1-6H3. The molecule has 36 heavy (non-hydrogen) atoms. The van der Waals surface area contributed by atoms with Gasteiger partial charge in [0.2, 0.25) is 0 Å². The van der Waals surface area contributed by atoms with Gasteiger partial charge in [-0.05, 0) is 85.1 Å². The van der Waals surface area contributed by atoms with E-state index in [4.69, 9.17) is 9.47 Å². The van der Waals surface area contributed by atoms with E-state index in [1.54, 1.807) is 6.08 Å². The van der Waals surface area contributed by atoms with Gasteiger partial charge in [-0.2, -0.15) is 0 Å². The molecular formula is C33H42O3. The summed E-state index contributed by atoms with van der Waals surface area (Å²) in [7, 11) is 0. The maximum Gasteiger partial charge on any atom is 0.330 e. The highest BCUT2D eigenvalue weighted by molar-refractivity contribution is 5.83. The van der Waals surface area contributed by atoms with Crippen LogP contribution in [0.25, 0.3) is 0 Å². The Hall–Kier alpha value is -2.81. The molecule has 0 saturated heterocycles. The topological polar surface area (TPSA) is 35.5 Å². The first-order valence-electron chi connectivity index (χ1n) is 13.4. The highest BCUT2D eigenvalue weighted by Gasteiger charge is 2.47. The van der Waals surface area contributed by atoms with E-state index >= 15 is 0 Å². The van der Waals surface area contributed by atoms with E-state index in [1.807, 2.05) is 26.0 Å². The predicted octanol–water partition coefficient (Wildman–Crippen LogP) is 8.10. The van der Waals surface area contributed by atoms with Crippen molar-refractivity contribution in [1.29, 1.82) is 0 Å². The maximum atomic E-state index is 11.8. The molecule has 1 saturated carbocycles. The monoisotopic (exact) mass is 486 g/mol. The highest BCUT2D eigenvalue weighted by Crippen LogP contribution is 2.57. The molecule has 0 atom stereocenters. The number of benzene rings is 2. The molecule has 4 rings (SSSR count). The van der Waals surface area contributed by atoms with Crippen molar-refractivity contribution in [2.75, 3.05) is 6.61 Å². The molecule has 0 heterocycles. The van der Waals surface area contributed by atoms with Crippen molar-refractivity contribution in [2.24, 2.45) is 0 Å². The molecule has 0 radical (unpaired) electrons. The Balaban J connectivity index is 1.67. The third-order valence-corrected chi connectivity index (χ3v) is 8.14. The molecule has 0 aliphatic heterocycles. The first-order valence-corrected chi connectivity index (χ1v) is 13.4. The summed E-state index contributed by atoms with van der Waals surface area (Å²) in [5, 5.41) is 0. The van der Waals surface area contributed by atoms with Gasteiger partial charge in [0.15, 0.2) is 0 Å². The number of carbonyl (C=O) groups excluding carboxylic acids is 1. The zero-order chi connectivity index (χ0) is 26.0. The Morgan fingerprint density at radius 2 is 1.56 bits per heavy atom. The summed E-state index contributed by atoms with van der Waals surface area (Å²) in [6, 6.07) is 15.3. The Bertz CT molecular complexity index is 1150. The lowest BCUT2D eigenvalue weighted by Crippen LogP contribution is -2.34. The lowest BCUT2D eigenvalue weighted by atomic mass is 9.62.